The minimum atomic E-state index is 0.312. The molecule has 0 aromatic heterocycles. The molecule has 0 radical (unpaired) electrons. The SMILES string of the molecule is CCN(Cc1ccc(OC)cc1O)CC(C)C. The van der Waals surface area contributed by atoms with Crippen molar-refractivity contribution in [3.8, 4) is 11.5 Å². The Balaban J connectivity index is 2.72. The van der Waals surface area contributed by atoms with Gasteiger partial charge in [-0.2, -0.15) is 0 Å². The maximum atomic E-state index is 9.89. The highest BCUT2D eigenvalue weighted by Crippen LogP contribution is 2.24. The van der Waals surface area contributed by atoms with E-state index in [0.717, 1.165) is 25.2 Å². The number of rotatable bonds is 6. The molecule has 0 bridgehead atoms. The molecule has 0 spiro atoms. The average Bonchev–Trinajstić information content (AvgIpc) is 2.29. The van der Waals surface area contributed by atoms with Crippen molar-refractivity contribution in [2.75, 3.05) is 20.2 Å². The molecular weight excluding hydrogens is 214 g/mol. The zero-order valence-electron chi connectivity index (χ0n) is 11.2. The van der Waals surface area contributed by atoms with Crippen LogP contribution in [0.2, 0.25) is 0 Å². The summed E-state index contributed by atoms with van der Waals surface area (Å²) in [5, 5.41) is 9.89. The van der Waals surface area contributed by atoms with Gasteiger partial charge in [0.15, 0.2) is 0 Å². The van der Waals surface area contributed by atoms with E-state index in [1.807, 2.05) is 12.1 Å². The lowest BCUT2D eigenvalue weighted by atomic mass is 10.1. The molecule has 3 nitrogen and oxygen atoms in total. The third-order valence-electron chi connectivity index (χ3n) is 2.76. The summed E-state index contributed by atoms with van der Waals surface area (Å²) in [6.07, 6.45) is 0. The largest absolute Gasteiger partial charge is 0.507 e. The predicted molar refractivity (Wildman–Crippen MR) is 70.4 cm³/mol. The van der Waals surface area contributed by atoms with Crippen molar-refractivity contribution >= 4 is 0 Å². The fourth-order valence-electron chi connectivity index (χ4n) is 1.87. The van der Waals surface area contributed by atoms with Gasteiger partial charge in [-0.1, -0.05) is 26.8 Å². The quantitative estimate of drug-likeness (QED) is 0.825. The van der Waals surface area contributed by atoms with Gasteiger partial charge in [-0.3, -0.25) is 4.90 Å². The normalized spacial score (nSPS) is 11.2. The Morgan fingerprint density at radius 1 is 1.35 bits per heavy atom. The molecule has 0 fully saturated rings. The van der Waals surface area contributed by atoms with Crippen LogP contribution in [0.4, 0.5) is 0 Å². The zero-order valence-corrected chi connectivity index (χ0v) is 11.2. The maximum Gasteiger partial charge on any atom is 0.123 e. The van der Waals surface area contributed by atoms with Crippen molar-refractivity contribution in [2.45, 2.75) is 27.3 Å². The van der Waals surface area contributed by atoms with E-state index in [0.29, 0.717) is 17.4 Å². The number of hydrogen-bond donors (Lipinski definition) is 1. The van der Waals surface area contributed by atoms with Crippen LogP contribution in [0.1, 0.15) is 26.3 Å². The first-order valence-corrected chi connectivity index (χ1v) is 6.15. The first-order valence-electron chi connectivity index (χ1n) is 6.15. The summed E-state index contributed by atoms with van der Waals surface area (Å²) in [4.78, 5) is 2.33. The van der Waals surface area contributed by atoms with Crippen molar-refractivity contribution in [1.29, 1.82) is 0 Å². The molecule has 1 aromatic carbocycles. The molecule has 0 amide bonds. The second-order valence-corrected chi connectivity index (χ2v) is 4.72. The van der Waals surface area contributed by atoms with Crippen LogP contribution in [-0.2, 0) is 6.54 Å². The maximum absolute atomic E-state index is 9.89. The van der Waals surface area contributed by atoms with Crippen LogP contribution in [0.15, 0.2) is 18.2 Å². The van der Waals surface area contributed by atoms with Crippen LogP contribution in [0.3, 0.4) is 0 Å². The van der Waals surface area contributed by atoms with E-state index in [4.69, 9.17) is 4.74 Å². The van der Waals surface area contributed by atoms with Gasteiger partial charge in [-0.05, 0) is 18.5 Å². The van der Waals surface area contributed by atoms with Gasteiger partial charge in [-0.15, -0.1) is 0 Å². The summed E-state index contributed by atoms with van der Waals surface area (Å²) in [6.45, 7) is 9.37. The van der Waals surface area contributed by atoms with Crippen LogP contribution >= 0.6 is 0 Å². The molecule has 96 valence electrons. The summed E-state index contributed by atoms with van der Waals surface area (Å²) in [5.74, 6) is 1.64. The molecule has 0 unspecified atom stereocenters. The van der Waals surface area contributed by atoms with Crippen molar-refractivity contribution < 1.29 is 9.84 Å². The van der Waals surface area contributed by atoms with Crippen LogP contribution in [-0.4, -0.2) is 30.2 Å². The molecule has 1 aromatic rings. The first-order chi connectivity index (χ1) is 8.06. The van der Waals surface area contributed by atoms with E-state index in [2.05, 4.69) is 25.7 Å². The number of ether oxygens (including phenoxy) is 1. The predicted octanol–water partition coefficient (Wildman–Crippen LogP) is 2.88. The lowest BCUT2D eigenvalue weighted by molar-refractivity contribution is 0.245. The topological polar surface area (TPSA) is 32.7 Å². The zero-order chi connectivity index (χ0) is 12.8. The molecule has 0 saturated carbocycles. The van der Waals surface area contributed by atoms with E-state index in [1.54, 1.807) is 13.2 Å². The average molecular weight is 237 g/mol. The Hall–Kier alpha value is -1.22. The lowest BCUT2D eigenvalue weighted by Gasteiger charge is -2.23. The van der Waals surface area contributed by atoms with Gasteiger partial charge >= 0.3 is 0 Å². The molecule has 0 atom stereocenters. The highest BCUT2D eigenvalue weighted by Gasteiger charge is 2.09. The van der Waals surface area contributed by atoms with Crippen molar-refractivity contribution in [2.24, 2.45) is 5.92 Å². The number of benzene rings is 1. The summed E-state index contributed by atoms with van der Waals surface area (Å²) in [5.41, 5.74) is 0.952. The van der Waals surface area contributed by atoms with Gasteiger partial charge in [0.1, 0.15) is 11.5 Å². The molecule has 0 heterocycles. The van der Waals surface area contributed by atoms with E-state index in [-0.39, 0.29) is 0 Å². The summed E-state index contributed by atoms with van der Waals surface area (Å²) >= 11 is 0. The molecule has 0 saturated heterocycles. The van der Waals surface area contributed by atoms with Gasteiger partial charge < -0.3 is 9.84 Å². The first kappa shape index (κ1) is 13.8. The number of aromatic hydroxyl groups is 1. The molecule has 0 aliphatic heterocycles. The number of hydrogen-bond acceptors (Lipinski definition) is 3. The third kappa shape index (κ3) is 4.27. The van der Waals surface area contributed by atoms with Crippen LogP contribution in [0.25, 0.3) is 0 Å². The van der Waals surface area contributed by atoms with E-state index in [9.17, 15) is 5.11 Å². The highest BCUT2D eigenvalue weighted by atomic mass is 16.5. The molecule has 0 aliphatic rings. The Morgan fingerprint density at radius 3 is 2.53 bits per heavy atom. The number of phenols is 1. The Bertz CT molecular complexity index is 350. The van der Waals surface area contributed by atoms with Gasteiger partial charge in [0.25, 0.3) is 0 Å². The monoisotopic (exact) mass is 237 g/mol. The molecule has 3 heteroatoms. The Labute approximate surface area is 104 Å². The molecule has 1 rings (SSSR count). The Morgan fingerprint density at radius 2 is 2.06 bits per heavy atom. The smallest absolute Gasteiger partial charge is 0.123 e. The Kier molecular flexibility index (Phi) is 5.29. The number of methoxy groups -OCH3 is 1. The van der Waals surface area contributed by atoms with Crippen LogP contribution in [0, 0.1) is 5.92 Å². The van der Waals surface area contributed by atoms with Crippen LogP contribution in [0.5, 0.6) is 11.5 Å². The minimum absolute atomic E-state index is 0.312. The second kappa shape index (κ2) is 6.50. The van der Waals surface area contributed by atoms with Crippen molar-refractivity contribution in [3.05, 3.63) is 23.8 Å². The highest BCUT2D eigenvalue weighted by molar-refractivity contribution is 5.39. The summed E-state index contributed by atoms with van der Waals surface area (Å²) in [6, 6.07) is 5.48. The van der Waals surface area contributed by atoms with E-state index < -0.39 is 0 Å². The lowest BCUT2D eigenvalue weighted by Crippen LogP contribution is -2.27. The van der Waals surface area contributed by atoms with Crippen molar-refractivity contribution in [1.82, 2.24) is 4.90 Å². The number of nitrogens with zero attached hydrogens (tertiary/aromatic N) is 1. The molecule has 17 heavy (non-hydrogen) atoms. The second-order valence-electron chi connectivity index (χ2n) is 4.72. The van der Waals surface area contributed by atoms with Crippen molar-refractivity contribution in [3.63, 3.8) is 0 Å². The van der Waals surface area contributed by atoms with Gasteiger partial charge in [0, 0.05) is 24.7 Å². The molecule has 1 N–H and O–H groups in total. The van der Waals surface area contributed by atoms with E-state index >= 15 is 0 Å². The van der Waals surface area contributed by atoms with Gasteiger partial charge in [-0.25, -0.2) is 0 Å². The third-order valence-corrected chi connectivity index (χ3v) is 2.76. The van der Waals surface area contributed by atoms with E-state index in [1.165, 1.54) is 0 Å². The molecule has 0 aliphatic carbocycles. The van der Waals surface area contributed by atoms with Crippen LogP contribution < -0.4 is 4.74 Å². The minimum Gasteiger partial charge on any atom is -0.507 e. The van der Waals surface area contributed by atoms with Gasteiger partial charge in [0.2, 0.25) is 0 Å². The summed E-state index contributed by atoms with van der Waals surface area (Å²) < 4.78 is 5.07. The fourth-order valence-corrected chi connectivity index (χ4v) is 1.87. The molecular formula is C14H23NO2. The standard InChI is InChI=1S/C14H23NO2/c1-5-15(9-11(2)3)10-12-6-7-13(17-4)8-14(12)16/h6-8,11,16H,5,9-10H2,1-4H3. The summed E-state index contributed by atoms with van der Waals surface area (Å²) in [7, 11) is 1.60. The number of phenolic OH excluding ortho intramolecular Hbond substituents is 1. The van der Waals surface area contributed by atoms with Gasteiger partial charge in [0.05, 0.1) is 7.11 Å². The fraction of sp³-hybridized carbons (Fsp3) is 0.571.